The molecule has 0 bridgehead atoms. The molecule has 0 atom stereocenters. The van der Waals surface area contributed by atoms with Crippen molar-refractivity contribution in [2.45, 2.75) is 6.18 Å². The molecule has 0 unspecified atom stereocenters. The summed E-state index contributed by atoms with van der Waals surface area (Å²) in [6.45, 7) is 1.52. The lowest BCUT2D eigenvalue weighted by Gasteiger charge is -2.36. The fraction of sp³-hybridized carbons (Fsp3) is 0.364. The third-order valence-electron chi connectivity index (χ3n) is 4.99. The predicted octanol–water partition coefficient (Wildman–Crippen LogP) is 3.02. The molecule has 0 radical (unpaired) electrons. The first-order chi connectivity index (χ1) is 15.3. The second kappa shape index (κ2) is 10.4. The number of benzene rings is 2. The maximum atomic E-state index is 12.7. The molecule has 10 heteroatoms. The van der Waals surface area contributed by atoms with Gasteiger partial charge in [-0.05, 0) is 30.3 Å². The van der Waals surface area contributed by atoms with Gasteiger partial charge in [0.2, 0.25) is 11.8 Å². The number of rotatable bonds is 7. The van der Waals surface area contributed by atoms with Gasteiger partial charge in [-0.15, -0.1) is 0 Å². The van der Waals surface area contributed by atoms with Crippen LogP contribution in [0, 0.1) is 0 Å². The molecule has 3 rings (SSSR count). The van der Waals surface area contributed by atoms with E-state index in [9.17, 15) is 22.8 Å². The van der Waals surface area contributed by atoms with Gasteiger partial charge in [-0.2, -0.15) is 13.2 Å². The number of hydrogen-bond donors (Lipinski definition) is 1. The zero-order valence-electron chi connectivity index (χ0n) is 17.5. The second-order valence-corrected chi connectivity index (χ2v) is 7.16. The van der Waals surface area contributed by atoms with Crippen LogP contribution in [0.5, 0.6) is 5.75 Å². The molecule has 172 valence electrons. The fourth-order valence-corrected chi connectivity index (χ4v) is 3.38. The van der Waals surface area contributed by atoms with E-state index in [0.29, 0.717) is 26.2 Å². The Hall–Kier alpha value is -3.27. The van der Waals surface area contributed by atoms with E-state index in [0.717, 1.165) is 23.6 Å². The molecule has 1 saturated heterocycles. The van der Waals surface area contributed by atoms with Crippen LogP contribution >= 0.6 is 0 Å². The summed E-state index contributed by atoms with van der Waals surface area (Å²) in [6, 6.07) is 12.0. The number of amides is 2. The zero-order valence-corrected chi connectivity index (χ0v) is 17.5. The standard InChI is InChI=1S/C22H24F3N3O4/c1-31-19-8-3-2-7-18(19)27-9-11-28(12-10-27)21(30)15-32-14-20(29)26-17-6-4-5-16(13-17)22(23,24)25/h2-8,13H,9-12,14-15H2,1H3,(H,26,29). The molecule has 2 amide bonds. The number of ether oxygens (including phenoxy) is 2. The number of halogens is 3. The van der Waals surface area contributed by atoms with E-state index in [1.807, 2.05) is 24.3 Å². The topological polar surface area (TPSA) is 71.1 Å². The number of anilines is 2. The molecule has 0 aliphatic carbocycles. The van der Waals surface area contributed by atoms with Crippen molar-refractivity contribution < 1.29 is 32.2 Å². The van der Waals surface area contributed by atoms with Crippen LogP contribution < -0.4 is 15.0 Å². The van der Waals surface area contributed by atoms with Crippen molar-refractivity contribution in [1.82, 2.24) is 4.90 Å². The van der Waals surface area contributed by atoms with Crippen LogP contribution in [0.3, 0.4) is 0 Å². The van der Waals surface area contributed by atoms with Crippen molar-refractivity contribution >= 4 is 23.2 Å². The summed E-state index contributed by atoms with van der Waals surface area (Å²) in [6.07, 6.45) is -4.50. The third-order valence-corrected chi connectivity index (χ3v) is 4.99. The van der Waals surface area contributed by atoms with Gasteiger partial charge < -0.3 is 24.6 Å². The van der Waals surface area contributed by atoms with Crippen molar-refractivity contribution in [3.05, 3.63) is 54.1 Å². The van der Waals surface area contributed by atoms with Crippen molar-refractivity contribution in [2.75, 3.05) is 56.7 Å². The monoisotopic (exact) mass is 451 g/mol. The molecule has 1 aliphatic heterocycles. The molecule has 1 N–H and O–H groups in total. The van der Waals surface area contributed by atoms with E-state index in [2.05, 4.69) is 10.2 Å². The Labute approximate surface area is 183 Å². The van der Waals surface area contributed by atoms with Crippen molar-refractivity contribution in [3.8, 4) is 5.75 Å². The number of hydrogen-bond acceptors (Lipinski definition) is 5. The molecule has 7 nitrogen and oxygen atoms in total. The largest absolute Gasteiger partial charge is 0.495 e. The Bertz CT molecular complexity index is 944. The van der Waals surface area contributed by atoms with Gasteiger partial charge >= 0.3 is 6.18 Å². The van der Waals surface area contributed by atoms with Gasteiger partial charge in [-0.25, -0.2) is 0 Å². The maximum Gasteiger partial charge on any atom is 0.416 e. The molecule has 1 fully saturated rings. The molecule has 1 aliphatic rings. The molecular formula is C22H24F3N3O4. The number of alkyl halides is 3. The number of carbonyl (C=O) groups is 2. The van der Waals surface area contributed by atoms with E-state index in [1.165, 1.54) is 12.1 Å². The molecular weight excluding hydrogens is 427 g/mol. The maximum absolute atomic E-state index is 12.7. The first-order valence-corrected chi connectivity index (χ1v) is 9.98. The predicted molar refractivity (Wildman–Crippen MR) is 113 cm³/mol. The lowest BCUT2D eigenvalue weighted by atomic mass is 10.2. The first-order valence-electron chi connectivity index (χ1n) is 9.98. The summed E-state index contributed by atoms with van der Waals surface area (Å²) in [5.74, 6) is -0.128. The number of nitrogens with zero attached hydrogens (tertiary/aromatic N) is 2. The van der Waals surface area contributed by atoms with E-state index in [1.54, 1.807) is 12.0 Å². The highest BCUT2D eigenvalue weighted by Gasteiger charge is 2.30. The highest BCUT2D eigenvalue weighted by atomic mass is 19.4. The number of para-hydroxylation sites is 2. The summed E-state index contributed by atoms with van der Waals surface area (Å²) in [4.78, 5) is 28.1. The number of piperazine rings is 1. The lowest BCUT2D eigenvalue weighted by Crippen LogP contribution is -2.50. The molecule has 0 spiro atoms. The zero-order chi connectivity index (χ0) is 23.1. The third kappa shape index (κ3) is 6.13. The minimum absolute atomic E-state index is 0.00668. The SMILES string of the molecule is COc1ccccc1N1CCN(C(=O)COCC(=O)Nc2cccc(C(F)(F)F)c2)CC1. The van der Waals surface area contributed by atoms with E-state index < -0.39 is 24.3 Å². The van der Waals surface area contributed by atoms with Gasteiger partial charge in [0, 0.05) is 31.9 Å². The summed E-state index contributed by atoms with van der Waals surface area (Å²) < 4.78 is 48.8. The first kappa shape index (κ1) is 23.4. The van der Waals surface area contributed by atoms with Crippen molar-refractivity contribution in [3.63, 3.8) is 0 Å². The highest BCUT2D eigenvalue weighted by molar-refractivity contribution is 5.92. The molecule has 0 aromatic heterocycles. The fourth-order valence-electron chi connectivity index (χ4n) is 3.38. The molecule has 1 heterocycles. The quantitative estimate of drug-likeness (QED) is 0.701. The Morgan fingerprint density at radius 2 is 1.72 bits per heavy atom. The van der Waals surface area contributed by atoms with Gasteiger partial charge in [-0.3, -0.25) is 9.59 Å². The molecule has 32 heavy (non-hydrogen) atoms. The van der Waals surface area contributed by atoms with Crippen LogP contribution in [0.25, 0.3) is 0 Å². The summed E-state index contributed by atoms with van der Waals surface area (Å²) in [7, 11) is 1.61. The average Bonchev–Trinajstić information content (AvgIpc) is 2.78. The summed E-state index contributed by atoms with van der Waals surface area (Å²) in [5, 5.41) is 2.34. The van der Waals surface area contributed by atoms with Gasteiger partial charge in [0.05, 0.1) is 18.4 Å². The Morgan fingerprint density at radius 1 is 1.00 bits per heavy atom. The van der Waals surface area contributed by atoms with Crippen molar-refractivity contribution in [2.24, 2.45) is 0 Å². The number of methoxy groups -OCH3 is 1. The molecule has 2 aromatic rings. The lowest BCUT2D eigenvalue weighted by molar-refractivity contribution is -0.138. The van der Waals surface area contributed by atoms with E-state index >= 15 is 0 Å². The van der Waals surface area contributed by atoms with Gasteiger partial charge in [0.1, 0.15) is 19.0 Å². The second-order valence-electron chi connectivity index (χ2n) is 7.16. The highest BCUT2D eigenvalue weighted by Crippen LogP contribution is 2.31. The van der Waals surface area contributed by atoms with Crippen LogP contribution in [-0.4, -0.2) is 63.2 Å². The normalized spacial score (nSPS) is 14.2. The summed E-state index contributed by atoms with van der Waals surface area (Å²) >= 11 is 0. The van der Waals surface area contributed by atoms with E-state index in [-0.39, 0.29) is 18.2 Å². The molecule has 0 saturated carbocycles. The van der Waals surface area contributed by atoms with Gasteiger partial charge in [0.15, 0.2) is 0 Å². The Kier molecular flexibility index (Phi) is 7.57. The van der Waals surface area contributed by atoms with Crippen LogP contribution in [0.4, 0.5) is 24.5 Å². The average molecular weight is 451 g/mol. The van der Waals surface area contributed by atoms with E-state index in [4.69, 9.17) is 9.47 Å². The number of carbonyl (C=O) groups excluding carboxylic acids is 2. The van der Waals surface area contributed by atoms with Crippen LogP contribution in [0.1, 0.15) is 5.56 Å². The smallest absolute Gasteiger partial charge is 0.416 e. The van der Waals surface area contributed by atoms with Gasteiger partial charge in [0.25, 0.3) is 0 Å². The Morgan fingerprint density at radius 3 is 2.41 bits per heavy atom. The number of nitrogens with one attached hydrogen (secondary N) is 1. The van der Waals surface area contributed by atoms with Crippen molar-refractivity contribution in [1.29, 1.82) is 0 Å². The summed E-state index contributed by atoms with van der Waals surface area (Å²) in [5.41, 5.74) is 0.107. The van der Waals surface area contributed by atoms with Crippen LogP contribution in [0.2, 0.25) is 0 Å². The van der Waals surface area contributed by atoms with Crippen LogP contribution in [0.15, 0.2) is 48.5 Å². The van der Waals surface area contributed by atoms with Gasteiger partial charge in [-0.1, -0.05) is 18.2 Å². The van der Waals surface area contributed by atoms with Crippen LogP contribution in [-0.2, 0) is 20.5 Å². The minimum Gasteiger partial charge on any atom is -0.495 e. The Balaban J connectivity index is 1.41. The molecule has 2 aromatic carbocycles. The minimum atomic E-state index is -4.50.